The van der Waals surface area contributed by atoms with Crippen molar-refractivity contribution >= 4 is 12.0 Å². The maximum atomic E-state index is 12.8. The second-order valence-electron chi connectivity index (χ2n) is 8.72. The van der Waals surface area contributed by atoms with E-state index in [4.69, 9.17) is 4.74 Å². The number of carbonyl (C=O) groups is 2. The van der Waals surface area contributed by atoms with Crippen LogP contribution in [0.5, 0.6) is 0 Å². The highest BCUT2D eigenvalue weighted by Crippen LogP contribution is 2.21. The molecule has 0 bridgehead atoms. The summed E-state index contributed by atoms with van der Waals surface area (Å²) in [5.74, 6) is 0.358. The summed E-state index contributed by atoms with van der Waals surface area (Å²) >= 11 is 0. The highest BCUT2D eigenvalue weighted by Gasteiger charge is 2.22. The molecule has 2 aromatic carbocycles. The number of benzene rings is 2. The summed E-state index contributed by atoms with van der Waals surface area (Å²) in [6, 6.07) is 19.9. The summed E-state index contributed by atoms with van der Waals surface area (Å²) < 4.78 is 5.36. The summed E-state index contributed by atoms with van der Waals surface area (Å²) in [6.07, 6.45) is 1.08. The number of nitrogens with one attached hydrogen (secondary N) is 1. The van der Waals surface area contributed by atoms with Crippen LogP contribution in [0, 0.1) is 5.92 Å². The fourth-order valence-corrected chi connectivity index (χ4v) is 3.85. The minimum absolute atomic E-state index is 0.0279. The van der Waals surface area contributed by atoms with Crippen LogP contribution in [0.1, 0.15) is 43.9 Å². The van der Waals surface area contributed by atoms with Crippen molar-refractivity contribution in [1.29, 1.82) is 0 Å². The lowest BCUT2D eigenvalue weighted by atomic mass is 9.98. The molecule has 2 aromatic rings. The SMILES string of the molecule is CC(C)COC(=O)N1CCCN(CCC(=O)NC(c2ccccc2)c2ccccc2)CC1. The molecule has 1 aliphatic rings. The monoisotopic (exact) mass is 437 g/mol. The lowest BCUT2D eigenvalue weighted by molar-refractivity contribution is -0.121. The normalized spacial score (nSPS) is 14.9. The Morgan fingerprint density at radius 1 is 0.906 bits per heavy atom. The number of ether oxygens (including phenoxy) is 1. The van der Waals surface area contributed by atoms with Crippen molar-refractivity contribution in [3.8, 4) is 0 Å². The van der Waals surface area contributed by atoms with Gasteiger partial charge >= 0.3 is 6.09 Å². The van der Waals surface area contributed by atoms with E-state index in [9.17, 15) is 9.59 Å². The van der Waals surface area contributed by atoms with E-state index in [0.717, 1.165) is 30.6 Å². The van der Waals surface area contributed by atoms with Crippen molar-refractivity contribution in [2.75, 3.05) is 39.3 Å². The van der Waals surface area contributed by atoms with Crippen molar-refractivity contribution in [1.82, 2.24) is 15.1 Å². The highest BCUT2D eigenvalue weighted by atomic mass is 16.6. The first kappa shape index (κ1) is 23.8. The van der Waals surface area contributed by atoms with Gasteiger partial charge in [0.15, 0.2) is 0 Å². The summed E-state index contributed by atoms with van der Waals surface area (Å²) in [4.78, 5) is 29.1. The molecule has 0 radical (unpaired) electrons. The Hall–Kier alpha value is -2.86. The molecule has 172 valence electrons. The summed E-state index contributed by atoms with van der Waals surface area (Å²) in [5, 5.41) is 3.21. The zero-order valence-electron chi connectivity index (χ0n) is 19.2. The third kappa shape index (κ3) is 7.38. The summed E-state index contributed by atoms with van der Waals surface area (Å²) in [7, 11) is 0. The van der Waals surface area contributed by atoms with Gasteiger partial charge in [0.1, 0.15) is 0 Å². The Morgan fingerprint density at radius 2 is 1.53 bits per heavy atom. The number of rotatable bonds is 8. The van der Waals surface area contributed by atoms with Gasteiger partial charge in [-0.3, -0.25) is 4.79 Å². The van der Waals surface area contributed by atoms with Gasteiger partial charge in [0.2, 0.25) is 5.91 Å². The summed E-state index contributed by atoms with van der Waals surface area (Å²) in [6.45, 7) is 8.15. The first-order valence-corrected chi connectivity index (χ1v) is 11.6. The minimum Gasteiger partial charge on any atom is -0.449 e. The number of amides is 2. The van der Waals surface area contributed by atoms with Crippen LogP contribution in [0.15, 0.2) is 60.7 Å². The van der Waals surface area contributed by atoms with Gasteiger partial charge in [0.25, 0.3) is 0 Å². The van der Waals surface area contributed by atoms with Gasteiger partial charge in [-0.05, 0) is 30.0 Å². The van der Waals surface area contributed by atoms with Gasteiger partial charge in [-0.1, -0.05) is 74.5 Å². The predicted octanol–water partition coefficient (Wildman–Crippen LogP) is 4.08. The second kappa shape index (κ2) is 12.2. The second-order valence-corrected chi connectivity index (χ2v) is 8.72. The molecule has 32 heavy (non-hydrogen) atoms. The maximum absolute atomic E-state index is 12.8. The predicted molar refractivity (Wildman–Crippen MR) is 126 cm³/mol. The number of hydrogen-bond acceptors (Lipinski definition) is 4. The van der Waals surface area contributed by atoms with Gasteiger partial charge in [0.05, 0.1) is 12.6 Å². The summed E-state index contributed by atoms with van der Waals surface area (Å²) in [5.41, 5.74) is 2.13. The van der Waals surface area contributed by atoms with E-state index in [-0.39, 0.29) is 18.0 Å². The molecule has 0 saturated carbocycles. The molecule has 1 heterocycles. The first-order chi connectivity index (χ1) is 15.5. The van der Waals surface area contributed by atoms with E-state index in [0.29, 0.717) is 38.6 Å². The smallest absolute Gasteiger partial charge is 0.409 e. The molecule has 1 fully saturated rings. The van der Waals surface area contributed by atoms with Crippen molar-refractivity contribution in [2.24, 2.45) is 5.92 Å². The van der Waals surface area contributed by atoms with Crippen LogP contribution in [-0.4, -0.2) is 61.1 Å². The van der Waals surface area contributed by atoms with Crippen molar-refractivity contribution < 1.29 is 14.3 Å². The Balaban J connectivity index is 1.51. The van der Waals surface area contributed by atoms with E-state index in [1.807, 2.05) is 74.5 Å². The van der Waals surface area contributed by atoms with Crippen LogP contribution in [0.3, 0.4) is 0 Å². The van der Waals surface area contributed by atoms with Crippen LogP contribution in [0.2, 0.25) is 0 Å². The number of hydrogen-bond donors (Lipinski definition) is 1. The number of nitrogens with zero attached hydrogens (tertiary/aromatic N) is 2. The zero-order valence-corrected chi connectivity index (χ0v) is 19.2. The Bertz CT molecular complexity index is 802. The van der Waals surface area contributed by atoms with Crippen LogP contribution >= 0.6 is 0 Å². The maximum Gasteiger partial charge on any atom is 0.409 e. The molecule has 0 unspecified atom stereocenters. The standard InChI is InChI=1S/C26H35N3O3/c1-21(2)20-32-26(31)29-16-9-15-28(18-19-29)17-14-24(30)27-25(22-10-5-3-6-11-22)23-12-7-4-8-13-23/h3-8,10-13,21,25H,9,14-20H2,1-2H3,(H,27,30). The average Bonchev–Trinajstić information content (AvgIpc) is 3.06. The topological polar surface area (TPSA) is 61.9 Å². The van der Waals surface area contributed by atoms with E-state index in [1.165, 1.54) is 0 Å². The third-order valence-electron chi connectivity index (χ3n) is 5.61. The van der Waals surface area contributed by atoms with Crippen LogP contribution in [0.4, 0.5) is 4.79 Å². The molecule has 2 amide bonds. The molecule has 0 atom stereocenters. The van der Waals surface area contributed by atoms with Crippen molar-refractivity contribution in [3.05, 3.63) is 71.8 Å². The fourth-order valence-electron chi connectivity index (χ4n) is 3.85. The molecular weight excluding hydrogens is 402 g/mol. The lowest BCUT2D eigenvalue weighted by Crippen LogP contribution is -2.37. The van der Waals surface area contributed by atoms with Gasteiger partial charge in [-0.15, -0.1) is 0 Å². The molecule has 0 spiro atoms. The lowest BCUT2D eigenvalue weighted by Gasteiger charge is -2.23. The zero-order chi connectivity index (χ0) is 22.8. The first-order valence-electron chi connectivity index (χ1n) is 11.6. The molecule has 6 nitrogen and oxygen atoms in total. The number of carbonyl (C=O) groups excluding carboxylic acids is 2. The largest absolute Gasteiger partial charge is 0.449 e. The van der Waals surface area contributed by atoms with Crippen molar-refractivity contribution in [2.45, 2.75) is 32.7 Å². The van der Waals surface area contributed by atoms with Gasteiger partial charge in [-0.2, -0.15) is 0 Å². The van der Waals surface area contributed by atoms with E-state index < -0.39 is 0 Å². The Morgan fingerprint density at radius 3 is 2.12 bits per heavy atom. The molecule has 6 heteroatoms. The Labute approximate surface area is 191 Å². The quantitative estimate of drug-likeness (QED) is 0.676. The fraction of sp³-hybridized carbons (Fsp3) is 0.462. The van der Waals surface area contributed by atoms with Gasteiger partial charge in [0, 0.05) is 32.6 Å². The molecule has 1 N–H and O–H groups in total. The van der Waals surface area contributed by atoms with Crippen LogP contribution in [-0.2, 0) is 9.53 Å². The van der Waals surface area contributed by atoms with E-state index in [1.54, 1.807) is 4.90 Å². The minimum atomic E-state index is -0.230. The van der Waals surface area contributed by atoms with E-state index >= 15 is 0 Å². The average molecular weight is 438 g/mol. The van der Waals surface area contributed by atoms with Crippen LogP contribution in [0.25, 0.3) is 0 Å². The molecule has 3 rings (SSSR count). The Kier molecular flexibility index (Phi) is 9.11. The molecule has 1 saturated heterocycles. The molecule has 0 aliphatic carbocycles. The van der Waals surface area contributed by atoms with Crippen LogP contribution < -0.4 is 5.32 Å². The van der Waals surface area contributed by atoms with Crippen molar-refractivity contribution in [3.63, 3.8) is 0 Å². The third-order valence-corrected chi connectivity index (χ3v) is 5.61. The van der Waals surface area contributed by atoms with E-state index in [2.05, 4.69) is 10.2 Å². The van der Waals surface area contributed by atoms with Gasteiger partial charge < -0.3 is 19.9 Å². The highest BCUT2D eigenvalue weighted by molar-refractivity contribution is 5.77. The molecule has 0 aromatic heterocycles. The molecular formula is C26H35N3O3. The van der Waals surface area contributed by atoms with Gasteiger partial charge in [-0.25, -0.2) is 4.79 Å². The molecule has 1 aliphatic heterocycles.